The molecule has 2 aliphatic rings. The molecule has 4 N–H and O–H groups in total. The number of likely N-dealkylation sites (tertiary alicyclic amines) is 1. The zero-order valence-corrected chi connectivity index (χ0v) is 21.6. The Bertz CT molecular complexity index is 634. The molecule has 33 heavy (non-hydrogen) atoms. The van der Waals surface area contributed by atoms with Gasteiger partial charge < -0.3 is 44.5 Å². The Kier molecular flexibility index (Phi) is 15.6. The van der Waals surface area contributed by atoms with E-state index in [9.17, 15) is 4.79 Å². The van der Waals surface area contributed by atoms with Gasteiger partial charge >= 0.3 is 6.09 Å². The number of hydrogen-bond donors (Lipinski definition) is 3. The minimum Gasteiger partial charge on any atom is -1.00 e. The number of benzene rings is 1. The van der Waals surface area contributed by atoms with E-state index in [1.54, 1.807) is 4.90 Å². The normalized spacial score (nSPS) is 17.8. The highest BCUT2D eigenvalue weighted by Crippen LogP contribution is 2.18. The summed E-state index contributed by atoms with van der Waals surface area (Å²) in [5.41, 5.74) is 0.722. The molecule has 1 saturated heterocycles. The van der Waals surface area contributed by atoms with E-state index < -0.39 is 0 Å². The van der Waals surface area contributed by atoms with Crippen molar-refractivity contribution >= 4 is 11.8 Å². The Morgan fingerprint density at radius 2 is 1.82 bits per heavy atom. The largest absolute Gasteiger partial charge is 1.00 e. The van der Waals surface area contributed by atoms with E-state index in [2.05, 4.69) is 17.6 Å². The van der Waals surface area contributed by atoms with Crippen molar-refractivity contribution in [3.8, 4) is 5.75 Å². The van der Waals surface area contributed by atoms with Crippen LogP contribution in [0.4, 0.5) is 10.5 Å². The van der Waals surface area contributed by atoms with E-state index in [0.29, 0.717) is 12.6 Å². The number of nitrogens with two attached hydrogens (primary N) is 1. The van der Waals surface area contributed by atoms with Gasteiger partial charge in [-0.1, -0.05) is 32.3 Å². The van der Waals surface area contributed by atoms with Crippen LogP contribution in [0, 0.1) is 0 Å². The maximum atomic E-state index is 12.7. The number of carbonyl (C=O) groups is 1. The molecule has 0 radical (unpaired) electrons. The molecule has 0 aromatic heterocycles. The molecular weight excluding hydrogens is 461 g/mol. The van der Waals surface area contributed by atoms with Crippen LogP contribution in [0.3, 0.4) is 0 Å². The molecule has 190 valence electrons. The first-order chi connectivity index (χ1) is 15.2. The van der Waals surface area contributed by atoms with Crippen molar-refractivity contribution in [2.75, 3.05) is 31.6 Å². The second-order valence-electron chi connectivity index (χ2n) is 9.26. The number of nitrogens with one attached hydrogen (secondary N) is 2. The molecule has 1 aromatic carbocycles. The molecular formula is C25H43Cl2N3O3. The topological polar surface area (TPSA) is 68.6 Å². The molecule has 0 spiro atoms. The van der Waals surface area contributed by atoms with Crippen molar-refractivity contribution in [1.82, 2.24) is 0 Å². The number of quaternary nitrogens is 2. The van der Waals surface area contributed by atoms with Gasteiger partial charge in [0.2, 0.25) is 0 Å². The van der Waals surface area contributed by atoms with Crippen LogP contribution in [0.5, 0.6) is 5.75 Å². The maximum absolute atomic E-state index is 12.7. The summed E-state index contributed by atoms with van der Waals surface area (Å²) in [7, 11) is 0. The summed E-state index contributed by atoms with van der Waals surface area (Å²) in [6.07, 6.45) is 13.2. The minimum atomic E-state index is -0.364. The highest BCUT2D eigenvalue weighted by atomic mass is 35.5. The van der Waals surface area contributed by atoms with Gasteiger partial charge in [-0.2, -0.15) is 0 Å². The Morgan fingerprint density at radius 3 is 2.55 bits per heavy atom. The van der Waals surface area contributed by atoms with Gasteiger partial charge in [-0.05, 0) is 63.5 Å². The van der Waals surface area contributed by atoms with Gasteiger partial charge in [0, 0.05) is 11.8 Å². The minimum absolute atomic E-state index is 0. The molecule has 3 rings (SSSR count). The van der Waals surface area contributed by atoms with Gasteiger partial charge in [-0.25, -0.2) is 4.79 Å². The quantitative estimate of drug-likeness (QED) is 0.224. The molecule has 1 aliphatic heterocycles. The molecule has 1 aliphatic carbocycles. The second kappa shape index (κ2) is 17.3. The summed E-state index contributed by atoms with van der Waals surface area (Å²) < 4.78 is 11.8. The molecule has 1 saturated carbocycles. The van der Waals surface area contributed by atoms with E-state index >= 15 is 0 Å². The lowest BCUT2D eigenvalue weighted by molar-refractivity contribution is -0.932. The van der Waals surface area contributed by atoms with Crippen LogP contribution >= 0.6 is 0 Å². The van der Waals surface area contributed by atoms with Crippen molar-refractivity contribution in [2.24, 2.45) is 0 Å². The van der Waals surface area contributed by atoms with Gasteiger partial charge in [0.1, 0.15) is 5.75 Å². The van der Waals surface area contributed by atoms with Crippen molar-refractivity contribution < 1.29 is 49.3 Å². The molecule has 1 heterocycles. The summed E-state index contributed by atoms with van der Waals surface area (Å²) >= 11 is 0. The first-order valence-electron chi connectivity index (χ1n) is 12.6. The van der Waals surface area contributed by atoms with E-state index in [-0.39, 0.29) is 37.1 Å². The Balaban J connectivity index is 0.00000272. The Hall–Kier alpha value is -1.21. The Labute approximate surface area is 212 Å². The van der Waals surface area contributed by atoms with Gasteiger partial charge in [0.15, 0.2) is 6.54 Å². The van der Waals surface area contributed by atoms with Gasteiger partial charge in [0.25, 0.3) is 6.23 Å². The monoisotopic (exact) mass is 503 g/mol. The number of hydrogen-bond acceptors (Lipinski definition) is 3. The zero-order chi connectivity index (χ0) is 21.7. The van der Waals surface area contributed by atoms with Crippen molar-refractivity contribution in [1.29, 1.82) is 0 Å². The van der Waals surface area contributed by atoms with Gasteiger partial charge in [-0.3, -0.25) is 5.32 Å². The van der Waals surface area contributed by atoms with Gasteiger partial charge in [0.05, 0.1) is 25.7 Å². The second-order valence-corrected chi connectivity index (χ2v) is 9.26. The lowest BCUT2D eigenvalue weighted by Crippen LogP contribution is -3.17. The molecule has 1 aromatic rings. The molecule has 0 bridgehead atoms. The standard InChI is InChI=1S/C25H41N3O3.2ClH/c1-2-3-10-18-30-23-15-11-14-22(19-23)27-25(29)31-24(20-28-16-8-5-9-17-28)26-21-12-6-4-7-13-21;;/h11,14-15,19,21,24,26H,2-10,12-13,16-18,20H2,1H3,(H,27,29);2*1H. The van der Waals surface area contributed by atoms with Crippen molar-refractivity contribution in [3.63, 3.8) is 0 Å². The predicted octanol–water partition coefficient (Wildman–Crippen LogP) is -2.90. The van der Waals surface area contributed by atoms with E-state index in [0.717, 1.165) is 24.4 Å². The number of unbranched alkanes of at least 4 members (excludes halogenated alkanes) is 2. The number of rotatable bonds is 11. The number of carbonyl (C=O) groups excluding carboxylic acids is 1. The summed E-state index contributed by atoms with van der Waals surface area (Å²) in [6, 6.07) is 8.19. The fraction of sp³-hybridized carbons (Fsp3) is 0.720. The number of halogens is 2. The fourth-order valence-corrected chi connectivity index (χ4v) is 4.81. The first kappa shape index (κ1) is 29.8. The van der Waals surface area contributed by atoms with Crippen LogP contribution < -0.4 is 45.1 Å². The van der Waals surface area contributed by atoms with Gasteiger partial charge in [-0.15, -0.1) is 0 Å². The van der Waals surface area contributed by atoms with Crippen LogP contribution in [0.15, 0.2) is 24.3 Å². The lowest BCUT2D eigenvalue weighted by atomic mass is 9.95. The van der Waals surface area contributed by atoms with Crippen LogP contribution in [0.1, 0.15) is 77.6 Å². The van der Waals surface area contributed by atoms with Crippen LogP contribution in [-0.4, -0.2) is 44.6 Å². The average molecular weight is 505 g/mol. The number of piperidine rings is 1. The first-order valence-corrected chi connectivity index (χ1v) is 12.6. The van der Waals surface area contributed by atoms with E-state index in [4.69, 9.17) is 9.47 Å². The van der Waals surface area contributed by atoms with Crippen LogP contribution in [0.25, 0.3) is 0 Å². The summed E-state index contributed by atoms with van der Waals surface area (Å²) in [6.45, 7) is 6.17. The average Bonchev–Trinajstić information content (AvgIpc) is 2.78. The van der Waals surface area contributed by atoms with Crippen LogP contribution in [-0.2, 0) is 4.74 Å². The molecule has 1 amide bonds. The maximum Gasteiger partial charge on any atom is 0.416 e. The third-order valence-electron chi connectivity index (χ3n) is 6.54. The van der Waals surface area contributed by atoms with Crippen molar-refractivity contribution in [3.05, 3.63) is 24.3 Å². The summed E-state index contributed by atoms with van der Waals surface area (Å²) in [4.78, 5) is 14.3. The number of ether oxygens (including phenoxy) is 2. The molecule has 2 fully saturated rings. The molecule has 1 unspecified atom stereocenters. The summed E-state index contributed by atoms with van der Waals surface area (Å²) in [5, 5.41) is 5.25. The smallest absolute Gasteiger partial charge is 0.416 e. The lowest BCUT2D eigenvalue weighted by Gasteiger charge is -2.29. The number of amides is 1. The Morgan fingerprint density at radius 1 is 1.09 bits per heavy atom. The third kappa shape index (κ3) is 11.7. The molecule has 1 atom stereocenters. The fourth-order valence-electron chi connectivity index (χ4n) is 4.81. The SMILES string of the molecule is CCCCCOc1cccc(NC(=O)OC(C[NH+]2CCCCC2)[NH2+]C2CCCCC2)c1.[Cl-].[Cl-]. The summed E-state index contributed by atoms with van der Waals surface area (Å²) in [5.74, 6) is 0.789. The highest BCUT2D eigenvalue weighted by molar-refractivity contribution is 5.84. The van der Waals surface area contributed by atoms with E-state index in [1.165, 1.54) is 77.3 Å². The molecule has 6 nitrogen and oxygen atoms in total. The highest BCUT2D eigenvalue weighted by Gasteiger charge is 2.29. The van der Waals surface area contributed by atoms with Crippen molar-refractivity contribution in [2.45, 2.75) is 89.8 Å². The van der Waals surface area contributed by atoms with Crippen LogP contribution in [0.2, 0.25) is 0 Å². The third-order valence-corrected chi connectivity index (χ3v) is 6.54. The number of anilines is 1. The van der Waals surface area contributed by atoms with E-state index in [1.807, 2.05) is 24.3 Å². The predicted molar refractivity (Wildman–Crippen MR) is 124 cm³/mol. The zero-order valence-electron chi connectivity index (χ0n) is 20.1. The molecule has 8 heteroatoms.